The molecule has 20 aromatic rings. The molecule has 3 nitrogen and oxygen atoms in total. The standard InChI is InChI=1S/3C21H19N.2C15H14.2C12H8.2Y/c1-15(2)16-9-3-6-12-19(16)22-20-13-7-4-10-17(20)18-11-5-8-14-21(18)22;1-15(2)16-8-7-9-17(14-16)22-20-12-5-3-10-18(20)19-11-4-6-13-21(19)22;1-15(2)16-11-13-17(14-12-16)22-20-9-5-3-7-18(20)19-8-4-6-10-21(19)22;1-12(2)14-9-6-10-15(11-14)13-7-4-3-5-8-13;1-12(2)13-8-10-15(11-9-13)14-6-4-3-5-7-14;2*1-3-7-11(8-4-1)12-9-5-2-6-10-12;;/h3*3-15H,1-2H3;3-7,9-10,12H,1-2H3;3-6,8-10,12H,1-2H3;2*1-7,9H;;/q;;;4*-2;;. The van der Waals surface area contributed by atoms with Crippen molar-refractivity contribution in [2.24, 2.45) is 0 Å². The summed E-state index contributed by atoms with van der Waals surface area (Å²) < 4.78 is 7.13. The Morgan fingerprint density at radius 2 is 0.508 bits per heavy atom. The van der Waals surface area contributed by atoms with Crippen LogP contribution in [0.25, 0.3) is 127 Å². The molecule has 3 heterocycles. The first-order valence-corrected chi connectivity index (χ1v) is 41.9. The molecule has 17 aromatic carbocycles. The van der Waals surface area contributed by atoms with Crippen LogP contribution in [0, 0.1) is 48.5 Å². The summed E-state index contributed by atoms with van der Waals surface area (Å²) in [5, 5.41) is 7.88. The van der Waals surface area contributed by atoms with Gasteiger partial charge in [-0.3, -0.25) is 0 Å². The normalized spacial score (nSPS) is 10.8. The van der Waals surface area contributed by atoms with Crippen molar-refractivity contribution in [1.82, 2.24) is 13.7 Å². The zero-order chi connectivity index (χ0) is 83.1. The summed E-state index contributed by atoms with van der Waals surface area (Å²) in [5.41, 5.74) is 26.9. The average molecular weight is 1730 g/mol. The molecule has 0 aliphatic carbocycles. The molecule has 0 unspecified atom stereocenters. The first-order chi connectivity index (χ1) is 58.8. The van der Waals surface area contributed by atoms with Gasteiger partial charge < -0.3 is 13.7 Å². The van der Waals surface area contributed by atoms with E-state index in [2.05, 4.69) is 398 Å². The molecule has 5 heteroatoms. The van der Waals surface area contributed by atoms with Gasteiger partial charge in [-0.25, -0.2) is 44.5 Å². The second kappa shape index (κ2) is 44.2. The van der Waals surface area contributed by atoms with E-state index in [-0.39, 0.29) is 65.4 Å². The first-order valence-electron chi connectivity index (χ1n) is 41.9. The Hall–Kier alpha value is -11.7. The van der Waals surface area contributed by atoms with Crippen molar-refractivity contribution in [2.75, 3.05) is 0 Å². The Bertz CT molecular complexity index is 6270. The summed E-state index contributed by atoms with van der Waals surface area (Å²) in [6, 6.07) is 165. The zero-order valence-corrected chi connectivity index (χ0v) is 77.2. The number of rotatable bonds is 12. The minimum absolute atomic E-state index is 0. The van der Waals surface area contributed by atoms with Gasteiger partial charge in [-0.1, -0.05) is 227 Å². The quantitative estimate of drug-likeness (QED) is 0.108. The van der Waals surface area contributed by atoms with E-state index in [1.807, 2.05) is 133 Å². The number of benzene rings is 17. The molecule has 2 radical (unpaired) electrons. The van der Waals surface area contributed by atoms with Crippen LogP contribution in [0.2, 0.25) is 0 Å². The van der Waals surface area contributed by atoms with Crippen LogP contribution in [0.15, 0.2) is 400 Å². The predicted molar refractivity (Wildman–Crippen MR) is 511 cm³/mol. The maximum Gasteiger partial charge on any atom is 0.0541 e. The summed E-state index contributed by atoms with van der Waals surface area (Å²) in [6.45, 7) is 22.2. The largest absolute Gasteiger partial charge is 0.309 e. The molecule has 3 aromatic heterocycles. The number of fused-ring (bicyclic) bond motifs is 9. The topological polar surface area (TPSA) is 14.8 Å². The third-order valence-electron chi connectivity index (χ3n) is 21.5. The van der Waals surface area contributed by atoms with E-state index < -0.39 is 0 Å². The van der Waals surface area contributed by atoms with Crippen molar-refractivity contribution in [3.63, 3.8) is 0 Å². The van der Waals surface area contributed by atoms with Gasteiger partial charge >= 0.3 is 0 Å². The number of para-hydroxylation sites is 7. The molecule has 0 atom stereocenters. The van der Waals surface area contributed by atoms with Gasteiger partial charge in [0.05, 0.1) is 33.1 Å². The van der Waals surface area contributed by atoms with Gasteiger partial charge in [0.25, 0.3) is 0 Å². The van der Waals surface area contributed by atoms with Gasteiger partial charge in [0, 0.05) is 115 Å². The van der Waals surface area contributed by atoms with Crippen molar-refractivity contribution < 1.29 is 65.4 Å². The van der Waals surface area contributed by atoms with Crippen LogP contribution >= 0.6 is 0 Å². The minimum atomic E-state index is 0. The maximum atomic E-state index is 3.43. The fourth-order valence-corrected chi connectivity index (χ4v) is 15.1. The van der Waals surface area contributed by atoms with Crippen LogP contribution < -0.4 is 0 Å². The van der Waals surface area contributed by atoms with Gasteiger partial charge in [0.15, 0.2) is 0 Å². The number of aromatic nitrogens is 3. The van der Waals surface area contributed by atoms with E-state index in [0.717, 1.165) is 44.5 Å². The second-order valence-corrected chi connectivity index (χ2v) is 31.3. The molecular formula is C117H101N3Y2-8. The molecule has 0 bridgehead atoms. The van der Waals surface area contributed by atoms with E-state index in [1.54, 1.807) is 0 Å². The first kappa shape index (κ1) is 89.6. The third-order valence-corrected chi connectivity index (χ3v) is 21.5. The molecule has 0 N–H and O–H groups in total. The van der Waals surface area contributed by atoms with Crippen molar-refractivity contribution in [3.05, 3.63) is 477 Å². The second-order valence-electron chi connectivity index (χ2n) is 31.3. The van der Waals surface area contributed by atoms with Gasteiger partial charge in [0.2, 0.25) is 0 Å². The molecule has 0 aliphatic heterocycles. The van der Waals surface area contributed by atoms with E-state index in [1.165, 1.54) is 110 Å². The maximum absolute atomic E-state index is 3.43. The Morgan fingerprint density at radius 3 is 0.844 bits per heavy atom. The van der Waals surface area contributed by atoms with Crippen LogP contribution in [-0.2, 0) is 65.4 Å². The Morgan fingerprint density at radius 1 is 0.205 bits per heavy atom. The molecule has 598 valence electrons. The summed E-state index contributed by atoms with van der Waals surface area (Å²) in [4.78, 5) is 0. The van der Waals surface area contributed by atoms with Crippen molar-refractivity contribution in [3.8, 4) is 61.6 Å². The van der Waals surface area contributed by atoms with Crippen LogP contribution in [0.4, 0.5) is 0 Å². The van der Waals surface area contributed by atoms with Gasteiger partial charge in [-0.05, 0) is 107 Å². The van der Waals surface area contributed by atoms with Gasteiger partial charge in [0.1, 0.15) is 0 Å². The summed E-state index contributed by atoms with van der Waals surface area (Å²) in [7, 11) is 0. The van der Waals surface area contributed by atoms with E-state index in [0.29, 0.717) is 29.6 Å². The molecule has 0 saturated heterocycles. The monoisotopic (exact) mass is 1730 g/mol. The van der Waals surface area contributed by atoms with E-state index >= 15 is 0 Å². The number of nitrogens with zero attached hydrogens (tertiary/aromatic N) is 3. The molecule has 0 fully saturated rings. The molecule has 122 heavy (non-hydrogen) atoms. The van der Waals surface area contributed by atoms with Crippen LogP contribution in [-0.4, -0.2) is 13.7 Å². The van der Waals surface area contributed by atoms with Gasteiger partial charge in [-0.15, -0.1) is 53.6 Å². The molecule has 0 amide bonds. The van der Waals surface area contributed by atoms with E-state index in [9.17, 15) is 0 Å². The van der Waals surface area contributed by atoms with Crippen LogP contribution in [0.3, 0.4) is 0 Å². The molecule has 0 aliphatic rings. The van der Waals surface area contributed by atoms with Gasteiger partial charge in [-0.2, -0.15) is 188 Å². The summed E-state index contributed by atoms with van der Waals surface area (Å²) >= 11 is 0. The average Bonchev–Trinajstić information content (AvgIpc) is 1.61. The van der Waals surface area contributed by atoms with Crippen molar-refractivity contribution >= 4 is 65.4 Å². The Labute approximate surface area is 774 Å². The number of hydrogen-bond donors (Lipinski definition) is 0. The molecule has 20 rings (SSSR count). The smallest absolute Gasteiger partial charge is 0.0541 e. The fraction of sp³-hybridized carbons (Fsp3) is 0.128. The summed E-state index contributed by atoms with van der Waals surface area (Å²) in [5.74, 6) is 2.68. The minimum Gasteiger partial charge on any atom is -0.309 e. The van der Waals surface area contributed by atoms with Crippen LogP contribution in [0.5, 0.6) is 0 Å². The van der Waals surface area contributed by atoms with Crippen molar-refractivity contribution in [1.29, 1.82) is 0 Å². The molecule has 0 saturated carbocycles. The third kappa shape index (κ3) is 22.2. The Balaban J connectivity index is 0.000000132. The van der Waals surface area contributed by atoms with E-state index in [4.69, 9.17) is 0 Å². The number of hydrogen-bond acceptors (Lipinski definition) is 0. The Kier molecular flexibility index (Phi) is 32.5. The zero-order valence-electron chi connectivity index (χ0n) is 71.5. The van der Waals surface area contributed by atoms with Crippen molar-refractivity contribution in [2.45, 2.75) is 98.8 Å². The fourth-order valence-electron chi connectivity index (χ4n) is 15.1. The molecular weight excluding hydrogens is 1630 g/mol. The molecule has 0 spiro atoms. The van der Waals surface area contributed by atoms with Crippen LogP contribution in [0.1, 0.15) is 127 Å². The predicted octanol–water partition coefficient (Wildman–Crippen LogP) is 31.8. The summed E-state index contributed by atoms with van der Waals surface area (Å²) in [6.07, 6.45) is 0. The SMILES string of the molecule is CC(C)c1[c-]c(-c2[c-]cccc2)ccc1.CC(C)c1c[c-]c(-c2[c-]cccc2)cc1.CC(C)c1ccc(-n2c3ccccc3c3ccccc32)cc1.CC(C)c1cccc(-n2c3ccccc3c3ccccc32)c1.CC(C)c1ccccc1-n1c2ccccc2c2ccccc21.[Y].[Y].[c-]1ccccc1-c1[c-]cccc1.[c-]1ccccc1-c1[c-]cccc1.